The molecule has 0 aliphatic rings. The minimum absolute atomic E-state index is 0.771. The third-order valence-electron chi connectivity index (χ3n) is 5.71. The average molecular weight is 376 g/mol. The maximum absolute atomic E-state index is 5.97. The van der Waals surface area contributed by atoms with E-state index in [-0.39, 0.29) is 0 Å². The van der Waals surface area contributed by atoms with E-state index in [2.05, 4.69) is 73.6 Å². The molecule has 24 heavy (non-hydrogen) atoms. The Bertz CT molecular complexity index is 308. The molecule has 0 N–H and O–H groups in total. The van der Waals surface area contributed by atoms with Crippen LogP contribution in [0.4, 0.5) is 0 Å². The van der Waals surface area contributed by atoms with Gasteiger partial charge in [0, 0.05) is 13.2 Å². The molecule has 0 fully saturated rings. The predicted octanol–water partition coefficient (Wildman–Crippen LogP) is 6.02. The van der Waals surface area contributed by atoms with Gasteiger partial charge in [-0.25, -0.2) is 0 Å². The van der Waals surface area contributed by atoms with Gasteiger partial charge in [-0.05, 0) is 63.1 Å². The molecule has 0 bridgehead atoms. The van der Waals surface area contributed by atoms with Crippen LogP contribution in [0.1, 0.15) is 68.2 Å². The van der Waals surface area contributed by atoms with Gasteiger partial charge in [-0.15, -0.1) is 0 Å². The second kappa shape index (κ2) is 11.1. The first kappa shape index (κ1) is 24.3. The summed E-state index contributed by atoms with van der Waals surface area (Å²) >= 11 is 0. The van der Waals surface area contributed by atoms with Crippen LogP contribution < -0.4 is 0 Å². The lowest BCUT2D eigenvalue weighted by atomic mass is 10.3. The van der Waals surface area contributed by atoms with Crippen LogP contribution in [0, 0.1) is 0 Å². The van der Waals surface area contributed by atoms with Crippen molar-refractivity contribution in [3.8, 4) is 0 Å². The summed E-state index contributed by atoms with van der Waals surface area (Å²) in [4.78, 5) is 0. The Morgan fingerprint density at radius 3 is 1.54 bits per heavy atom. The summed E-state index contributed by atoms with van der Waals surface area (Å²) in [7, 11) is -1.03. The lowest BCUT2D eigenvalue weighted by Gasteiger charge is -2.49. The molecule has 0 aliphatic carbocycles. The summed E-state index contributed by atoms with van der Waals surface area (Å²) in [6.07, 6.45) is 2.46. The molecule has 0 atom stereocenters. The standard InChI is InChI=1S/C19H45NO2Si2/c1-11-21-23(10,22-12-2)16-14-13-15-20(9)24(17(3)4,18(5)6)19(7)8/h17-19H,11-16H2,1-10H3. The summed E-state index contributed by atoms with van der Waals surface area (Å²) in [5, 5.41) is 0. The molecule has 5 heteroatoms. The fourth-order valence-corrected chi connectivity index (χ4v) is 14.8. The predicted molar refractivity (Wildman–Crippen MR) is 113 cm³/mol. The summed E-state index contributed by atoms with van der Waals surface area (Å²) in [5.41, 5.74) is 2.36. The first-order valence-electron chi connectivity index (χ1n) is 10.1. The number of rotatable bonds is 13. The Hall–Kier alpha value is 0.314. The second-order valence-corrected chi connectivity index (χ2v) is 17.6. The highest BCUT2D eigenvalue weighted by Crippen LogP contribution is 2.43. The van der Waals surface area contributed by atoms with E-state index in [0.717, 1.165) is 35.9 Å². The van der Waals surface area contributed by atoms with Gasteiger partial charge >= 0.3 is 8.56 Å². The molecule has 146 valence electrons. The van der Waals surface area contributed by atoms with Crippen LogP contribution in [0.3, 0.4) is 0 Å². The van der Waals surface area contributed by atoms with E-state index in [1.807, 2.05) is 0 Å². The zero-order chi connectivity index (χ0) is 19.0. The van der Waals surface area contributed by atoms with Gasteiger partial charge in [-0.2, -0.15) is 0 Å². The van der Waals surface area contributed by atoms with Gasteiger partial charge < -0.3 is 13.4 Å². The van der Waals surface area contributed by atoms with Crippen molar-refractivity contribution in [2.45, 2.75) is 97.4 Å². The van der Waals surface area contributed by atoms with Gasteiger partial charge in [0.1, 0.15) is 8.24 Å². The maximum Gasteiger partial charge on any atom is 0.334 e. The van der Waals surface area contributed by atoms with Gasteiger partial charge in [0.15, 0.2) is 0 Å². The van der Waals surface area contributed by atoms with Gasteiger partial charge in [-0.3, -0.25) is 0 Å². The molecule has 0 amide bonds. The average Bonchev–Trinajstić information content (AvgIpc) is 2.43. The van der Waals surface area contributed by atoms with Gasteiger partial charge in [0.2, 0.25) is 0 Å². The minimum atomic E-state index is -1.94. The quantitative estimate of drug-likeness (QED) is 0.290. The topological polar surface area (TPSA) is 21.7 Å². The highest BCUT2D eigenvalue weighted by molar-refractivity contribution is 6.80. The smallest absolute Gasteiger partial charge is 0.334 e. The van der Waals surface area contributed by atoms with Crippen molar-refractivity contribution in [3.63, 3.8) is 0 Å². The molecule has 0 aromatic carbocycles. The highest BCUT2D eigenvalue weighted by atomic mass is 28.4. The maximum atomic E-state index is 5.97. The van der Waals surface area contributed by atoms with Crippen molar-refractivity contribution in [2.75, 3.05) is 26.8 Å². The summed E-state index contributed by atoms with van der Waals surface area (Å²) in [6, 6.07) is 1.11. The van der Waals surface area contributed by atoms with Gasteiger partial charge in [0.05, 0.1) is 0 Å². The van der Waals surface area contributed by atoms with Gasteiger partial charge in [0.25, 0.3) is 0 Å². The molecule has 3 nitrogen and oxygen atoms in total. The fraction of sp³-hybridized carbons (Fsp3) is 1.00. The summed E-state index contributed by atoms with van der Waals surface area (Å²) in [5.74, 6) is 0. The van der Waals surface area contributed by atoms with Crippen LogP contribution in [0.15, 0.2) is 0 Å². The van der Waals surface area contributed by atoms with Crippen LogP contribution in [-0.4, -0.2) is 48.2 Å². The van der Waals surface area contributed by atoms with Crippen LogP contribution in [0.5, 0.6) is 0 Å². The number of hydrogen-bond donors (Lipinski definition) is 0. The molecule has 0 aliphatic heterocycles. The molecular weight excluding hydrogens is 330 g/mol. The largest absolute Gasteiger partial charge is 0.395 e. The monoisotopic (exact) mass is 375 g/mol. The molecule has 0 rings (SSSR count). The molecule has 0 aromatic heterocycles. The highest BCUT2D eigenvalue weighted by Gasteiger charge is 2.46. The fourth-order valence-electron chi connectivity index (χ4n) is 5.11. The Kier molecular flexibility index (Phi) is 11.3. The van der Waals surface area contributed by atoms with Crippen LogP contribution >= 0.6 is 0 Å². The molecule has 0 aromatic rings. The van der Waals surface area contributed by atoms with Crippen molar-refractivity contribution >= 4 is 16.8 Å². The Balaban J connectivity index is 4.73. The van der Waals surface area contributed by atoms with E-state index in [0.29, 0.717) is 0 Å². The van der Waals surface area contributed by atoms with E-state index in [1.54, 1.807) is 0 Å². The van der Waals surface area contributed by atoms with Crippen LogP contribution in [0.25, 0.3) is 0 Å². The first-order chi connectivity index (χ1) is 11.1. The van der Waals surface area contributed by atoms with Crippen LogP contribution in [0.2, 0.25) is 29.2 Å². The van der Waals surface area contributed by atoms with E-state index >= 15 is 0 Å². The van der Waals surface area contributed by atoms with Crippen molar-refractivity contribution < 1.29 is 8.85 Å². The molecule has 0 heterocycles. The van der Waals surface area contributed by atoms with Crippen molar-refractivity contribution in [1.82, 2.24) is 4.57 Å². The molecule has 0 spiro atoms. The normalized spacial score (nSPS) is 13.8. The lowest BCUT2D eigenvalue weighted by molar-refractivity contribution is 0.188. The molecule has 0 unspecified atom stereocenters. The lowest BCUT2D eigenvalue weighted by Crippen LogP contribution is -2.58. The molecule has 0 radical (unpaired) electrons. The third kappa shape index (κ3) is 6.24. The van der Waals surface area contributed by atoms with Crippen LogP contribution in [-0.2, 0) is 8.85 Å². The van der Waals surface area contributed by atoms with Crippen molar-refractivity contribution in [3.05, 3.63) is 0 Å². The SMILES string of the molecule is CCO[Si](C)(CCCCN(C)[Si](C(C)C)(C(C)C)C(C)C)OCC. The zero-order valence-electron chi connectivity index (χ0n) is 18.2. The van der Waals surface area contributed by atoms with E-state index in [9.17, 15) is 0 Å². The second-order valence-electron chi connectivity index (χ2n) is 8.23. The Morgan fingerprint density at radius 2 is 1.21 bits per heavy atom. The summed E-state index contributed by atoms with van der Waals surface area (Å²) in [6.45, 7) is 23.8. The first-order valence-corrected chi connectivity index (χ1v) is 14.8. The van der Waals surface area contributed by atoms with E-state index in [4.69, 9.17) is 8.85 Å². The van der Waals surface area contributed by atoms with E-state index in [1.165, 1.54) is 19.4 Å². The van der Waals surface area contributed by atoms with Crippen molar-refractivity contribution in [2.24, 2.45) is 0 Å². The molecule has 0 saturated heterocycles. The molecule has 0 saturated carbocycles. The number of unbranched alkanes of at least 4 members (excludes halogenated alkanes) is 1. The molecular formula is C19H45NO2Si2. The van der Waals surface area contributed by atoms with Crippen molar-refractivity contribution in [1.29, 1.82) is 0 Å². The Labute approximate surface area is 154 Å². The van der Waals surface area contributed by atoms with Gasteiger partial charge in [-0.1, -0.05) is 48.0 Å². The Morgan fingerprint density at radius 1 is 0.792 bits per heavy atom. The third-order valence-corrected chi connectivity index (χ3v) is 15.9. The van der Waals surface area contributed by atoms with E-state index < -0.39 is 16.8 Å². The minimum Gasteiger partial charge on any atom is -0.395 e. The number of hydrogen-bond acceptors (Lipinski definition) is 3. The number of nitrogens with zero attached hydrogens (tertiary/aromatic N) is 1. The summed E-state index contributed by atoms with van der Waals surface area (Å²) < 4.78 is 14.7. The zero-order valence-corrected chi connectivity index (χ0v) is 20.2.